The van der Waals surface area contributed by atoms with E-state index < -0.39 is 0 Å². The Balaban J connectivity index is 1.80. The average Bonchev–Trinajstić information content (AvgIpc) is 2.79. The Hall–Kier alpha value is -3.85. The number of methoxy groups -OCH3 is 1. The maximum absolute atomic E-state index is 9.53. The van der Waals surface area contributed by atoms with Crippen molar-refractivity contribution in [2.24, 2.45) is 5.10 Å². The van der Waals surface area contributed by atoms with Crippen molar-refractivity contribution in [3.05, 3.63) is 84.2 Å². The van der Waals surface area contributed by atoms with Gasteiger partial charge in [-0.25, -0.2) is 5.01 Å². The number of nitrogens with zero attached hydrogens (tertiary/aromatic N) is 5. The summed E-state index contributed by atoms with van der Waals surface area (Å²) in [4.78, 5) is 6.63. The standard InChI is InChI=1S/C22H19N5O/c1-28-22-12-5-4-11-21(22)26-15-19(18-9-6-7-13-24-18)25-27(16-26)20-10-3-2-8-17(20)14-23/h2-13H,15-16H2,1H3. The predicted octanol–water partition coefficient (Wildman–Crippen LogP) is 3.65. The smallest absolute Gasteiger partial charge is 0.142 e. The quantitative estimate of drug-likeness (QED) is 0.702. The lowest BCUT2D eigenvalue weighted by Gasteiger charge is -2.36. The second kappa shape index (κ2) is 7.80. The lowest BCUT2D eigenvalue weighted by Crippen LogP contribution is -2.45. The van der Waals surface area contributed by atoms with Gasteiger partial charge in [0.05, 0.1) is 36.3 Å². The van der Waals surface area contributed by atoms with Gasteiger partial charge in [0, 0.05) is 6.20 Å². The minimum Gasteiger partial charge on any atom is -0.495 e. The second-order valence-corrected chi connectivity index (χ2v) is 6.30. The van der Waals surface area contributed by atoms with Gasteiger partial charge >= 0.3 is 0 Å². The molecule has 1 aliphatic rings. The van der Waals surface area contributed by atoms with Gasteiger partial charge in [0.25, 0.3) is 0 Å². The highest BCUT2D eigenvalue weighted by Crippen LogP contribution is 2.31. The molecule has 138 valence electrons. The molecule has 1 aromatic heterocycles. The van der Waals surface area contributed by atoms with Crippen LogP contribution in [-0.2, 0) is 0 Å². The van der Waals surface area contributed by atoms with Gasteiger partial charge in [0.2, 0.25) is 0 Å². The zero-order chi connectivity index (χ0) is 19.3. The van der Waals surface area contributed by atoms with E-state index in [2.05, 4.69) is 16.0 Å². The normalized spacial score (nSPS) is 13.6. The lowest BCUT2D eigenvalue weighted by atomic mass is 10.1. The number of pyridine rings is 1. The van der Waals surface area contributed by atoms with E-state index in [1.807, 2.05) is 65.7 Å². The summed E-state index contributed by atoms with van der Waals surface area (Å²) in [5, 5.41) is 16.2. The van der Waals surface area contributed by atoms with Crippen LogP contribution in [0.1, 0.15) is 11.3 Å². The largest absolute Gasteiger partial charge is 0.495 e. The van der Waals surface area contributed by atoms with Crippen LogP contribution in [-0.4, -0.2) is 31.0 Å². The summed E-state index contributed by atoms with van der Waals surface area (Å²) in [7, 11) is 1.67. The Kier molecular flexibility index (Phi) is 4.89. The highest BCUT2D eigenvalue weighted by atomic mass is 16.5. The summed E-state index contributed by atoms with van der Waals surface area (Å²) in [6, 6.07) is 23.4. The van der Waals surface area contributed by atoms with Crippen LogP contribution in [0.4, 0.5) is 11.4 Å². The van der Waals surface area contributed by atoms with E-state index in [4.69, 9.17) is 9.84 Å². The summed E-state index contributed by atoms with van der Waals surface area (Å²) in [5.41, 5.74) is 3.94. The first-order valence-electron chi connectivity index (χ1n) is 8.93. The first-order valence-corrected chi connectivity index (χ1v) is 8.93. The molecule has 0 spiro atoms. The highest BCUT2D eigenvalue weighted by Gasteiger charge is 2.25. The number of aromatic nitrogens is 1. The molecule has 2 aromatic carbocycles. The van der Waals surface area contributed by atoms with Crippen LogP contribution >= 0.6 is 0 Å². The molecule has 28 heavy (non-hydrogen) atoms. The molecular weight excluding hydrogens is 350 g/mol. The van der Waals surface area contributed by atoms with Crippen molar-refractivity contribution in [3.8, 4) is 11.8 Å². The van der Waals surface area contributed by atoms with E-state index in [9.17, 15) is 5.26 Å². The van der Waals surface area contributed by atoms with E-state index in [1.54, 1.807) is 19.4 Å². The van der Waals surface area contributed by atoms with Gasteiger partial charge in [-0.05, 0) is 36.4 Å². The molecule has 0 bridgehead atoms. The first-order chi connectivity index (χ1) is 13.8. The number of para-hydroxylation sites is 3. The molecule has 0 unspecified atom stereocenters. The average molecular weight is 369 g/mol. The van der Waals surface area contributed by atoms with E-state index in [0.29, 0.717) is 18.8 Å². The number of ether oxygens (including phenoxy) is 1. The Morgan fingerprint density at radius 3 is 2.46 bits per heavy atom. The molecule has 0 fully saturated rings. The van der Waals surface area contributed by atoms with Crippen molar-refractivity contribution >= 4 is 17.1 Å². The molecule has 6 heteroatoms. The van der Waals surface area contributed by atoms with Crippen LogP contribution in [0.5, 0.6) is 5.75 Å². The van der Waals surface area contributed by atoms with Gasteiger partial charge in [0.15, 0.2) is 0 Å². The number of hydrazone groups is 1. The SMILES string of the molecule is COc1ccccc1N1CC(c2ccccn2)=NN(c2ccccc2C#N)C1. The van der Waals surface area contributed by atoms with Gasteiger partial charge in [-0.2, -0.15) is 10.4 Å². The molecule has 2 heterocycles. The van der Waals surface area contributed by atoms with Crippen LogP contribution in [0.25, 0.3) is 0 Å². The Morgan fingerprint density at radius 1 is 0.964 bits per heavy atom. The van der Waals surface area contributed by atoms with Crippen LogP contribution < -0.4 is 14.6 Å². The number of hydrogen-bond acceptors (Lipinski definition) is 6. The van der Waals surface area contributed by atoms with E-state index in [1.165, 1.54) is 0 Å². The number of anilines is 2. The van der Waals surface area contributed by atoms with Crippen LogP contribution in [0.2, 0.25) is 0 Å². The third-order valence-electron chi connectivity index (χ3n) is 4.58. The summed E-state index contributed by atoms with van der Waals surface area (Å²) >= 11 is 0. The molecule has 6 nitrogen and oxygen atoms in total. The molecule has 0 N–H and O–H groups in total. The van der Waals surface area contributed by atoms with Crippen molar-refractivity contribution in [1.82, 2.24) is 4.98 Å². The van der Waals surface area contributed by atoms with Crippen molar-refractivity contribution in [3.63, 3.8) is 0 Å². The third kappa shape index (κ3) is 3.38. The number of rotatable bonds is 4. The van der Waals surface area contributed by atoms with Gasteiger partial charge in [-0.3, -0.25) is 4.98 Å². The molecule has 0 atom stereocenters. The monoisotopic (exact) mass is 369 g/mol. The third-order valence-corrected chi connectivity index (χ3v) is 4.58. The maximum Gasteiger partial charge on any atom is 0.142 e. The van der Waals surface area contributed by atoms with Crippen LogP contribution in [0, 0.1) is 11.3 Å². The minimum absolute atomic E-state index is 0.495. The minimum atomic E-state index is 0.495. The lowest BCUT2D eigenvalue weighted by molar-refractivity contribution is 0.414. The molecule has 4 rings (SSSR count). The van der Waals surface area contributed by atoms with Gasteiger partial charge in [-0.15, -0.1) is 0 Å². The molecule has 0 radical (unpaired) electrons. The zero-order valence-corrected chi connectivity index (χ0v) is 15.5. The van der Waals surface area contributed by atoms with Crippen molar-refractivity contribution < 1.29 is 4.74 Å². The zero-order valence-electron chi connectivity index (χ0n) is 15.5. The van der Waals surface area contributed by atoms with Crippen molar-refractivity contribution in [2.75, 3.05) is 30.2 Å². The molecule has 0 amide bonds. The number of nitriles is 1. The van der Waals surface area contributed by atoms with Gasteiger partial charge < -0.3 is 9.64 Å². The fourth-order valence-corrected chi connectivity index (χ4v) is 3.24. The Bertz CT molecular complexity index is 1040. The van der Waals surface area contributed by atoms with Gasteiger partial charge in [0.1, 0.15) is 24.2 Å². The molecule has 0 saturated carbocycles. The summed E-state index contributed by atoms with van der Waals surface area (Å²) < 4.78 is 5.56. The van der Waals surface area contributed by atoms with Gasteiger partial charge in [-0.1, -0.05) is 30.3 Å². The molecular formula is C22H19N5O. The summed E-state index contributed by atoms with van der Waals surface area (Å²) in [5.74, 6) is 0.790. The number of hydrogen-bond donors (Lipinski definition) is 0. The predicted molar refractivity (Wildman–Crippen MR) is 110 cm³/mol. The van der Waals surface area contributed by atoms with Crippen molar-refractivity contribution in [1.29, 1.82) is 5.26 Å². The van der Waals surface area contributed by atoms with E-state index in [0.717, 1.165) is 28.5 Å². The summed E-state index contributed by atoms with van der Waals surface area (Å²) in [6.07, 6.45) is 1.76. The topological polar surface area (TPSA) is 64.8 Å². The second-order valence-electron chi connectivity index (χ2n) is 6.30. The fourth-order valence-electron chi connectivity index (χ4n) is 3.24. The molecule has 0 saturated heterocycles. The molecule has 0 aliphatic carbocycles. The fraction of sp³-hybridized carbons (Fsp3) is 0.136. The highest BCUT2D eigenvalue weighted by molar-refractivity contribution is 6.03. The number of benzene rings is 2. The molecule has 3 aromatic rings. The summed E-state index contributed by atoms with van der Waals surface area (Å²) in [6.45, 7) is 1.08. The van der Waals surface area contributed by atoms with Crippen LogP contribution in [0.15, 0.2) is 78.0 Å². The van der Waals surface area contributed by atoms with E-state index in [-0.39, 0.29) is 0 Å². The Labute approximate surface area is 163 Å². The van der Waals surface area contributed by atoms with Crippen LogP contribution in [0.3, 0.4) is 0 Å². The van der Waals surface area contributed by atoms with E-state index >= 15 is 0 Å². The van der Waals surface area contributed by atoms with Crippen molar-refractivity contribution in [2.45, 2.75) is 0 Å². The maximum atomic E-state index is 9.53. The first kappa shape index (κ1) is 17.6. The molecule has 1 aliphatic heterocycles. The Morgan fingerprint density at radius 2 is 1.71 bits per heavy atom.